The Morgan fingerprint density at radius 1 is 1.28 bits per heavy atom. The van der Waals surface area contributed by atoms with Crippen LogP contribution < -0.4 is 9.47 Å². The molecule has 4 nitrogen and oxygen atoms in total. The Hall–Kier alpha value is -0.750. The number of hydrogen-bond acceptors (Lipinski definition) is 3. The SMILES string of the molecule is COc1cc(Br)c(OCC(C)(C)C(=O)O)cc1Br. The maximum Gasteiger partial charge on any atom is 0.312 e. The summed E-state index contributed by atoms with van der Waals surface area (Å²) in [7, 11) is 1.57. The number of carboxylic acid groups (broad SMARTS) is 1. The van der Waals surface area contributed by atoms with Crippen molar-refractivity contribution in [2.45, 2.75) is 13.8 Å². The van der Waals surface area contributed by atoms with Gasteiger partial charge in [-0.05, 0) is 57.8 Å². The summed E-state index contributed by atoms with van der Waals surface area (Å²) in [6, 6.07) is 3.49. The molecule has 0 amide bonds. The minimum Gasteiger partial charge on any atom is -0.496 e. The summed E-state index contributed by atoms with van der Waals surface area (Å²) in [4.78, 5) is 11.0. The molecule has 1 N–H and O–H groups in total. The highest BCUT2D eigenvalue weighted by molar-refractivity contribution is 9.11. The van der Waals surface area contributed by atoms with Gasteiger partial charge in [-0.3, -0.25) is 4.79 Å². The molecule has 0 bridgehead atoms. The number of ether oxygens (including phenoxy) is 2. The number of benzene rings is 1. The molecule has 0 aromatic heterocycles. The van der Waals surface area contributed by atoms with E-state index in [1.165, 1.54) is 0 Å². The Balaban J connectivity index is 2.86. The Labute approximate surface area is 123 Å². The number of aliphatic carboxylic acids is 1. The van der Waals surface area contributed by atoms with Crippen molar-refractivity contribution in [3.05, 3.63) is 21.1 Å². The minimum absolute atomic E-state index is 0.0830. The highest BCUT2D eigenvalue weighted by Gasteiger charge is 2.28. The van der Waals surface area contributed by atoms with Crippen LogP contribution in [0.2, 0.25) is 0 Å². The van der Waals surface area contributed by atoms with Gasteiger partial charge in [-0.1, -0.05) is 0 Å². The molecule has 6 heteroatoms. The van der Waals surface area contributed by atoms with Crippen LogP contribution in [0.3, 0.4) is 0 Å². The van der Waals surface area contributed by atoms with Crippen molar-refractivity contribution in [2.75, 3.05) is 13.7 Å². The molecule has 0 unspecified atom stereocenters. The predicted molar refractivity (Wildman–Crippen MR) is 75.3 cm³/mol. The van der Waals surface area contributed by atoms with Crippen molar-refractivity contribution >= 4 is 37.8 Å². The molecule has 0 heterocycles. The number of carbonyl (C=O) groups is 1. The molecule has 0 aliphatic carbocycles. The average Bonchev–Trinajstić information content (AvgIpc) is 2.29. The highest BCUT2D eigenvalue weighted by atomic mass is 79.9. The zero-order chi connectivity index (χ0) is 13.9. The predicted octanol–water partition coefficient (Wildman–Crippen LogP) is 3.71. The molecular formula is C12H14Br2O4. The van der Waals surface area contributed by atoms with Gasteiger partial charge in [0.25, 0.3) is 0 Å². The Morgan fingerprint density at radius 2 is 1.78 bits per heavy atom. The van der Waals surface area contributed by atoms with E-state index in [1.54, 1.807) is 33.1 Å². The highest BCUT2D eigenvalue weighted by Crippen LogP contribution is 2.36. The average molecular weight is 382 g/mol. The lowest BCUT2D eigenvalue weighted by atomic mass is 9.95. The van der Waals surface area contributed by atoms with E-state index in [-0.39, 0.29) is 6.61 Å². The number of hydrogen-bond donors (Lipinski definition) is 1. The van der Waals surface area contributed by atoms with Crippen LogP contribution in [0.15, 0.2) is 21.1 Å². The van der Waals surface area contributed by atoms with E-state index in [2.05, 4.69) is 31.9 Å². The van der Waals surface area contributed by atoms with Crippen LogP contribution in [0.5, 0.6) is 11.5 Å². The topological polar surface area (TPSA) is 55.8 Å². The van der Waals surface area contributed by atoms with E-state index in [1.807, 2.05) is 0 Å². The smallest absolute Gasteiger partial charge is 0.312 e. The molecule has 0 aliphatic rings. The fourth-order valence-corrected chi connectivity index (χ4v) is 2.02. The van der Waals surface area contributed by atoms with E-state index in [9.17, 15) is 4.79 Å². The molecule has 1 aromatic rings. The van der Waals surface area contributed by atoms with Crippen LogP contribution in [-0.2, 0) is 4.79 Å². The lowest BCUT2D eigenvalue weighted by Gasteiger charge is -2.20. The fraction of sp³-hybridized carbons (Fsp3) is 0.417. The van der Waals surface area contributed by atoms with E-state index in [0.29, 0.717) is 16.0 Å². The zero-order valence-electron chi connectivity index (χ0n) is 10.3. The van der Waals surface area contributed by atoms with Crippen LogP contribution in [0.25, 0.3) is 0 Å². The lowest BCUT2D eigenvalue weighted by Crippen LogP contribution is -2.30. The first-order valence-corrected chi connectivity index (χ1v) is 6.76. The van der Waals surface area contributed by atoms with Gasteiger partial charge in [-0.15, -0.1) is 0 Å². The van der Waals surface area contributed by atoms with Gasteiger partial charge in [0, 0.05) is 0 Å². The molecule has 1 aromatic carbocycles. The van der Waals surface area contributed by atoms with Crippen molar-refractivity contribution < 1.29 is 19.4 Å². The molecule has 0 saturated carbocycles. The first kappa shape index (κ1) is 15.3. The summed E-state index contributed by atoms with van der Waals surface area (Å²) >= 11 is 6.70. The van der Waals surface area contributed by atoms with Gasteiger partial charge in [-0.25, -0.2) is 0 Å². The summed E-state index contributed by atoms with van der Waals surface area (Å²) in [6.07, 6.45) is 0. The van der Waals surface area contributed by atoms with Gasteiger partial charge in [0.15, 0.2) is 0 Å². The summed E-state index contributed by atoms with van der Waals surface area (Å²) < 4.78 is 12.1. The summed E-state index contributed by atoms with van der Waals surface area (Å²) in [5, 5.41) is 9.00. The third kappa shape index (κ3) is 3.62. The lowest BCUT2D eigenvalue weighted by molar-refractivity contribution is -0.148. The molecule has 0 saturated heterocycles. The van der Waals surface area contributed by atoms with E-state index < -0.39 is 11.4 Å². The van der Waals surface area contributed by atoms with Gasteiger partial charge < -0.3 is 14.6 Å². The first-order chi connectivity index (χ1) is 8.27. The molecule has 0 spiro atoms. The minimum atomic E-state index is -0.939. The monoisotopic (exact) mass is 380 g/mol. The van der Waals surface area contributed by atoms with Crippen LogP contribution in [0.1, 0.15) is 13.8 Å². The van der Waals surface area contributed by atoms with Crippen LogP contribution in [0.4, 0.5) is 0 Å². The standard InChI is InChI=1S/C12H14Br2O4/c1-12(2,11(15)16)6-18-10-5-7(13)9(17-3)4-8(10)14/h4-5H,6H2,1-3H3,(H,15,16). The quantitative estimate of drug-likeness (QED) is 0.844. The van der Waals surface area contributed by atoms with Crippen molar-refractivity contribution in [1.29, 1.82) is 0 Å². The summed E-state index contributed by atoms with van der Waals surface area (Å²) in [5.41, 5.74) is -0.939. The molecule has 1 rings (SSSR count). The second kappa shape index (κ2) is 5.93. The van der Waals surface area contributed by atoms with Crippen molar-refractivity contribution in [1.82, 2.24) is 0 Å². The summed E-state index contributed by atoms with van der Waals surface area (Å²) in [6.45, 7) is 3.31. The molecule has 0 fully saturated rings. The molecule has 0 aliphatic heterocycles. The molecule has 18 heavy (non-hydrogen) atoms. The van der Waals surface area contributed by atoms with Crippen molar-refractivity contribution in [3.8, 4) is 11.5 Å². The van der Waals surface area contributed by atoms with E-state index in [0.717, 1.165) is 4.47 Å². The number of methoxy groups -OCH3 is 1. The fourth-order valence-electron chi connectivity index (χ4n) is 1.10. The van der Waals surface area contributed by atoms with Crippen LogP contribution in [0, 0.1) is 5.41 Å². The second-order valence-corrected chi connectivity index (χ2v) is 6.10. The van der Waals surface area contributed by atoms with Gasteiger partial charge in [-0.2, -0.15) is 0 Å². The Kier molecular flexibility index (Phi) is 5.04. The van der Waals surface area contributed by atoms with Crippen molar-refractivity contribution in [2.24, 2.45) is 5.41 Å². The Bertz CT molecular complexity index is 458. The molecule has 0 atom stereocenters. The van der Waals surface area contributed by atoms with Gasteiger partial charge in [0.1, 0.15) is 18.1 Å². The van der Waals surface area contributed by atoms with Gasteiger partial charge >= 0.3 is 5.97 Å². The third-order valence-corrected chi connectivity index (χ3v) is 3.61. The largest absolute Gasteiger partial charge is 0.496 e. The van der Waals surface area contributed by atoms with Gasteiger partial charge in [0.05, 0.1) is 21.5 Å². The zero-order valence-corrected chi connectivity index (χ0v) is 13.5. The van der Waals surface area contributed by atoms with E-state index in [4.69, 9.17) is 14.6 Å². The van der Waals surface area contributed by atoms with Crippen molar-refractivity contribution in [3.63, 3.8) is 0 Å². The van der Waals surface area contributed by atoms with Crippen LogP contribution >= 0.6 is 31.9 Å². The second-order valence-electron chi connectivity index (χ2n) is 4.39. The van der Waals surface area contributed by atoms with Gasteiger partial charge in [0.2, 0.25) is 0 Å². The molecule has 0 radical (unpaired) electrons. The summed E-state index contributed by atoms with van der Waals surface area (Å²) in [5.74, 6) is 0.343. The Morgan fingerprint density at radius 3 is 2.28 bits per heavy atom. The number of carboxylic acids is 1. The molecular weight excluding hydrogens is 368 g/mol. The molecule has 100 valence electrons. The van der Waals surface area contributed by atoms with Crippen LogP contribution in [-0.4, -0.2) is 24.8 Å². The number of rotatable bonds is 5. The third-order valence-electron chi connectivity index (χ3n) is 2.37. The first-order valence-electron chi connectivity index (χ1n) is 5.17. The maximum atomic E-state index is 11.0. The van der Waals surface area contributed by atoms with E-state index >= 15 is 0 Å². The normalized spacial score (nSPS) is 11.2. The number of halogens is 2. The maximum absolute atomic E-state index is 11.0.